The third kappa shape index (κ3) is 1.77. The Hall–Kier alpha value is -0.960. The maximum absolute atomic E-state index is 4.35. The lowest BCUT2D eigenvalue weighted by atomic mass is 10.3. The summed E-state index contributed by atoms with van der Waals surface area (Å²) in [4.78, 5) is 0. The van der Waals surface area contributed by atoms with Crippen molar-refractivity contribution in [1.82, 2.24) is 0 Å². The van der Waals surface area contributed by atoms with Crippen LogP contribution in [0.15, 0.2) is 34.8 Å². The van der Waals surface area contributed by atoms with Crippen LogP contribution in [0, 0.1) is 0 Å². The first-order chi connectivity index (χ1) is 4.43. The summed E-state index contributed by atoms with van der Waals surface area (Å²) in [6, 6.07) is 9.58. The molecule has 0 unspecified atom stereocenters. The van der Waals surface area contributed by atoms with Gasteiger partial charge in [-0.1, -0.05) is 18.2 Å². The van der Waals surface area contributed by atoms with E-state index in [-0.39, 0.29) is 0 Å². The van der Waals surface area contributed by atoms with E-state index < -0.39 is 0 Å². The van der Waals surface area contributed by atoms with Crippen molar-refractivity contribution >= 4 is 18.1 Å². The van der Waals surface area contributed by atoms with Gasteiger partial charge < -0.3 is 0 Å². The summed E-state index contributed by atoms with van der Waals surface area (Å²) in [5.41, 5.74) is 3.57. The topological polar surface area (TPSA) is 24.4 Å². The fraction of sp³-hybridized carbons (Fsp3) is 0. The van der Waals surface area contributed by atoms with Gasteiger partial charge in [-0.2, -0.15) is 0 Å². The molecule has 0 saturated heterocycles. The third-order valence-corrected chi connectivity index (χ3v) is 1.04. The quantitative estimate of drug-likeness (QED) is 0.629. The van der Waals surface area contributed by atoms with Gasteiger partial charge in [0.1, 0.15) is 0 Å². The Morgan fingerprint density at radius 2 is 1.89 bits per heavy atom. The molecule has 0 heterocycles. The van der Waals surface area contributed by atoms with Crippen molar-refractivity contribution in [3.63, 3.8) is 0 Å². The van der Waals surface area contributed by atoms with Crippen LogP contribution in [0.1, 0.15) is 0 Å². The Balaban J connectivity index is 2.72. The molecule has 0 fully saturated rings. The molecule has 3 heteroatoms. The van der Waals surface area contributed by atoms with Crippen molar-refractivity contribution in [3.8, 4) is 0 Å². The normalized spacial score (nSPS) is 8.44. The highest BCUT2D eigenvalue weighted by Gasteiger charge is 1.81. The fourth-order valence-electron chi connectivity index (χ4n) is 0.565. The Morgan fingerprint density at radius 3 is 2.44 bits per heavy atom. The average Bonchev–Trinajstić information content (AvgIpc) is 1.91. The van der Waals surface area contributed by atoms with E-state index >= 15 is 0 Å². The van der Waals surface area contributed by atoms with Crippen LogP contribution in [0.25, 0.3) is 0 Å². The molecule has 0 spiro atoms. The standard InChI is InChI=1S/C6H6N2S/c9-8-7-6-4-2-1-3-5-6/h1-5H,(H,7,9). The van der Waals surface area contributed by atoms with Crippen molar-refractivity contribution in [2.45, 2.75) is 0 Å². The van der Waals surface area contributed by atoms with Crippen LogP contribution < -0.4 is 5.43 Å². The molecule has 0 aromatic heterocycles. The van der Waals surface area contributed by atoms with E-state index in [1.165, 1.54) is 0 Å². The van der Waals surface area contributed by atoms with Gasteiger partial charge in [-0.15, -0.1) is 4.47 Å². The summed E-state index contributed by atoms with van der Waals surface area (Å²) in [6.45, 7) is 0. The lowest BCUT2D eigenvalue weighted by molar-refractivity contribution is 1.39. The number of hydrogen-bond acceptors (Lipinski definition) is 2. The highest BCUT2D eigenvalue weighted by atomic mass is 32.1. The van der Waals surface area contributed by atoms with E-state index in [4.69, 9.17) is 0 Å². The van der Waals surface area contributed by atoms with Crippen LogP contribution in [-0.2, 0) is 12.4 Å². The van der Waals surface area contributed by atoms with Crippen molar-refractivity contribution in [3.05, 3.63) is 30.3 Å². The summed E-state index contributed by atoms with van der Waals surface area (Å²) >= 11 is 4.35. The second-order valence-corrected chi connectivity index (χ2v) is 1.75. The third-order valence-electron chi connectivity index (χ3n) is 0.949. The first kappa shape index (κ1) is 6.16. The molecule has 1 aromatic carbocycles. The minimum atomic E-state index is 0.924. The lowest BCUT2D eigenvalue weighted by Gasteiger charge is -1.93. The number of anilines is 1. The van der Waals surface area contributed by atoms with Crippen LogP contribution in [0.4, 0.5) is 5.69 Å². The average molecular weight is 138 g/mol. The summed E-state index contributed by atoms with van der Waals surface area (Å²) < 4.78 is 3.34. The van der Waals surface area contributed by atoms with Crippen LogP contribution in [0.5, 0.6) is 0 Å². The number of hydrogen-bond donors (Lipinski definition) is 1. The molecule has 0 aliphatic rings. The van der Waals surface area contributed by atoms with E-state index in [2.05, 4.69) is 22.3 Å². The van der Waals surface area contributed by atoms with E-state index in [9.17, 15) is 0 Å². The van der Waals surface area contributed by atoms with Crippen LogP contribution >= 0.6 is 0 Å². The molecule has 0 bridgehead atoms. The Labute approximate surface area is 59.0 Å². The number of nitrogens with zero attached hydrogens (tertiary/aromatic N) is 1. The molecule has 2 nitrogen and oxygen atoms in total. The van der Waals surface area contributed by atoms with E-state index in [0.29, 0.717) is 0 Å². The van der Waals surface area contributed by atoms with Gasteiger partial charge in [-0.3, -0.25) is 5.43 Å². The van der Waals surface area contributed by atoms with Gasteiger partial charge in [0.05, 0.1) is 18.1 Å². The van der Waals surface area contributed by atoms with Gasteiger partial charge in [0.15, 0.2) is 0 Å². The van der Waals surface area contributed by atoms with Crippen molar-refractivity contribution in [1.29, 1.82) is 0 Å². The molecule has 0 amide bonds. The van der Waals surface area contributed by atoms with Crippen molar-refractivity contribution < 1.29 is 0 Å². The number of benzene rings is 1. The maximum atomic E-state index is 4.35. The summed E-state index contributed by atoms with van der Waals surface area (Å²) in [5.74, 6) is 0. The molecule has 0 atom stereocenters. The number of para-hydroxylation sites is 1. The highest BCUT2D eigenvalue weighted by Crippen LogP contribution is 2.03. The second-order valence-electron chi connectivity index (χ2n) is 1.57. The summed E-state index contributed by atoms with van der Waals surface area (Å²) in [6.07, 6.45) is 0. The van der Waals surface area contributed by atoms with Crippen molar-refractivity contribution in [2.24, 2.45) is 4.47 Å². The van der Waals surface area contributed by atoms with Gasteiger partial charge >= 0.3 is 0 Å². The smallest absolute Gasteiger partial charge is 0.0630 e. The van der Waals surface area contributed by atoms with Crippen LogP contribution in [0.2, 0.25) is 0 Å². The van der Waals surface area contributed by atoms with Gasteiger partial charge in [0.25, 0.3) is 0 Å². The molecule has 0 aliphatic heterocycles. The van der Waals surface area contributed by atoms with Crippen LogP contribution in [-0.4, -0.2) is 0 Å². The molecular formula is C6H6N2S. The van der Waals surface area contributed by atoms with Gasteiger partial charge in [-0.25, -0.2) is 0 Å². The minimum absolute atomic E-state index is 0.924. The second kappa shape index (κ2) is 3.14. The first-order valence-electron chi connectivity index (χ1n) is 2.57. The lowest BCUT2D eigenvalue weighted by Crippen LogP contribution is -1.82. The molecule has 9 heavy (non-hydrogen) atoms. The molecule has 1 rings (SSSR count). The Morgan fingerprint density at radius 1 is 1.22 bits per heavy atom. The zero-order valence-electron chi connectivity index (χ0n) is 4.74. The number of nitrogens with one attached hydrogen (secondary N) is 1. The molecule has 0 aliphatic carbocycles. The number of rotatable bonds is 2. The Kier molecular flexibility index (Phi) is 2.15. The van der Waals surface area contributed by atoms with Gasteiger partial charge in [-0.05, 0) is 12.1 Å². The predicted octanol–water partition coefficient (Wildman–Crippen LogP) is 1.74. The molecular weight excluding hydrogens is 132 g/mol. The molecule has 0 saturated carbocycles. The predicted molar refractivity (Wildman–Crippen MR) is 39.9 cm³/mol. The highest BCUT2D eigenvalue weighted by molar-refractivity contribution is 7.47. The fourth-order valence-corrected chi connectivity index (χ4v) is 0.671. The van der Waals surface area contributed by atoms with E-state index in [1.54, 1.807) is 0 Å². The zero-order chi connectivity index (χ0) is 6.53. The molecule has 46 valence electrons. The Bertz CT molecular complexity index is 186. The largest absolute Gasteiger partial charge is 0.267 e. The molecule has 1 N–H and O–H groups in total. The van der Waals surface area contributed by atoms with E-state index in [1.807, 2.05) is 30.3 Å². The van der Waals surface area contributed by atoms with Gasteiger partial charge in [0, 0.05) is 0 Å². The monoisotopic (exact) mass is 138 g/mol. The van der Waals surface area contributed by atoms with Crippen LogP contribution in [0.3, 0.4) is 0 Å². The first-order valence-corrected chi connectivity index (χ1v) is 2.93. The molecule has 1 aromatic rings. The zero-order valence-corrected chi connectivity index (χ0v) is 5.56. The van der Waals surface area contributed by atoms with E-state index in [0.717, 1.165) is 5.69 Å². The van der Waals surface area contributed by atoms with Gasteiger partial charge in [0.2, 0.25) is 0 Å². The SMILES string of the molecule is S=NNc1ccccc1. The summed E-state index contributed by atoms with van der Waals surface area (Å²) in [5, 5.41) is 0. The summed E-state index contributed by atoms with van der Waals surface area (Å²) in [7, 11) is 0. The maximum Gasteiger partial charge on any atom is 0.0630 e. The minimum Gasteiger partial charge on any atom is -0.267 e. The molecule has 0 radical (unpaired) electrons. The van der Waals surface area contributed by atoms with Crippen molar-refractivity contribution in [2.75, 3.05) is 5.43 Å².